The highest BCUT2D eigenvalue weighted by Crippen LogP contribution is 2.30. The van der Waals surface area contributed by atoms with Crippen LogP contribution < -0.4 is 0 Å². The van der Waals surface area contributed by atoms with Gasteiger partial charge in [-0.1, -0.05) is 32.1 Å². The minimum Gasteiger partial charge on any atom is -0.478 e. The Morgan fingerprint density at radius 3 is 2.55 bits per heavy atom. The molecule has 20 heavy (non-hydrogen) atoms. The molecule has 1 heterocycles. The highest BCUT2D eigenvalue weighted by Gasteiger charge is 2.17. The number of aromatic nitrogens is 2. The van der Waals surface area contributed by atoms with Crippen LogP contribution in [-0.2, 0) is 0 Å². The van der Waals surface area contributed by atoms with Crippen LogP contribution in [0.1, 0.15) is 67.0 Å². The molecular weight excluding hydrogens is 252 g/mol. The van der Waals surface area contributed by atoms with E-state index in [9.17, 15) is 4.79 Å². The molecule has 0 amide bonds. The molecule has 0 radical (unpaired) electrons. The Bertz CT molecular complexity index is 610. The highest BCUT2D eigenvalue weighted by molar-refractivity contribution is 5.92. The number of benzene rings is 1. The quantitative estimate of drug-likeness (QED) is 0.865. The second kappa shape index (κ2) is 5.65. The number of nitrogens with one attached hydrogen (secondary N) is 1. The predicted molar refractivity (Wildman–Crippen MR) is 78.1 cm³/mol. The molecule has 3 rings (SSSR count). The molecule has 2 aromatic rings. The van der Waals surface area contributed by atoms with Crippen LogP contribution in [0, 0.1) is 0 Å². The Morgan fingerprint density at radius 1 is 1.15 bits per heavy atom. The van der Waals surface area contributed by atoms with E-state index in [4.69, 9.17) is 5.11 Å². The van der Waals surface area contributed by atoms with E-state index in [1.807, 2.05) is 0 Å². The van der Waals surface area contributed by atoms with Crippen molar-refractivity contribution in [1.82, 2.24) is 9.97 Å². The Labute approximate surface area is 118 Å². The number of rotatable bonds is 2. The van der Waals surface area contributed by atoms with Gasteiger partial charge < -0.3 is 10.1 Å². The topological polar surface area (TPSA) is 66.0 Å². The lowest BCUT2D eigenvalue weighted by Gasteiger charge is -2.17. The van der Waals surface area contributed by atoms with Gasteiger partial charge in [0.1, 0.15) is 5.82 Å². The van der Waals surface area contributed by atoms with Crippen molar-refractivity contribution in [3.05, 3.63) is 29.6 Å². The van der Waals surface area contributed by atoms with Gasteiger partial charge in [0.2, 0.25) is 0 Å². The summed E-state index contributed by atoms with van der Waals surface area (Å²) in [5.74, 6) is 0.634. The maximum Gasteiger partial charge on any atom is 0.335 e. The zero-order valence-electron chi connectivity index (χ0n) is 11.6. The number of fused-ring (bicyclic) bond motifs is 1. The number of aromatic carboxylic acids is 1. The number of H-pyrrole nitrogens is 1. The molecule has 1 aromatic carbocycles. The highest BCUT2D eigenvalue weighted by atomic mass is 16.4. The third-order valence-corrected chi connectivity index (χ3v) is 4.24. The number of hydrogen-bond donors (Lipinski definition) is 2. The van der Waals surface area contributed by atoms with E-state index in [1.54, 1.807) is 18.2 Å². The normalized spacial score (nSPS) is 17.8. The first-order chi connectivity index (χ1) is 9.74. The zero-order valence-corrected chi connectivity index (χ0v) is 11.6. The first kappa shape index (κ1) is 13.2. The van der Waals surface area contributed by atoms with Gasteiger partial charge in [-0.3, -0.25) is 0 Å². The molecule has 1 fully saturated rings. The Morgan fingerprint density at radius 2 is 1.85 bits per heavy atom. The van der Waals surface area contributed by atoms with Gasteiger partial charge >= 0.3 is 5.97 Å². The molecular formula is C16H20N2O2. The summed E-state index contributed by atoms with van der Waals surface area (Å²) in [5.41, 5.74) is 2.01. The lowest BCUT2D eigenvalue weighted by atomic mass is 9.91. The number of carboxylic acid groups (broad SMARTS) is 1. The standard InChI is InChI=1S/C16H20N2O2/c19-16(20)12-8-9-13-14(10-12)18-15(17-13)11-6-4-2-1-3-5-7-11/h8-11H,1-7H2,(H,17,18)(H,19,20). The lowest BCUT2D eigenvalue weighted by Crippen LogP contribution is -2.04. The summed E-state index contributed by atoms with van der Waals surface area (Å²) in [7, 11) is 0. The van der Waals surface area contributed by atoms with E-state index < -0.39 is 5.97 Å². The van der Waals surface area contributed by atoms with Crippen molar-refractivity contribution in [2.24, 2.45) is 0 Å². The monoisotopic (exact) mass is 272 g/mol. The summed E-state index contributed by atoms with van der Waals surface area (Å²) in [5, 5.41) is 9.03. The fourth-order valence-corrected chi connectivity index (χ4v) is 3.09. The smallest absolute Gasteiger partial charge is 0.335 e. The van der Waals surface area contributed by atoms with Crippen molar-refractivity contribution in [2.75, 3.05) is 0 Å². The van der Waals surface area contributed by atoms with Crippen LogP contribution in [0.2, 0.25) is 0 Å². The molecule has 0 saturated heterocycles. The summed E-state index contributed by atoms with van der Waals surface area (Å²) < 4.78 is 0. The van der Waals surface area contributed by atoms with Crippen molar-refractivity contribution in [3.8, 4) is 0 Å². The van der Waals surface area contributed by atoms with Crippen molar-refractivity contribution < 1.29 is 9.90 Å². The Hall–Kier alpha value is -1.84. The molecule has 1 aliphatic rings. The SMILES string of the molecule is O=C(O)c1ccc2nc(C3CCCCCCC3)[nH]c2c1. The molecule has 0 bridgehead atoms. The van der Waals surface area contributed by atoms with Crippen molar-refractivity contribution in [3.63, 3.8) is 0 Å². The average molecular weight is 272 g/mol. The second-order valence-corrected chi connectivity index (χ2v) is 5.70. The number of carbonyl (C=O) groups is 1. The van der Waals surface area contributed by atoms with Crippen LogP contribution in [0.15, 0.2) is 18.2 Å². The summed E-state index contributed by atoms with van der Waals surface area (Å²) >= 11 is 0. The van der Waals surface area contributed by atoms with E-state index >= 15 is 0 Å². The van der Waals surface area contributed by atoms with Gasteiger partial charge in [0, 0.05) is 5.92 Å². The van der Waals surface area contributed by atoms with Crippen molar-refractivity contribution in [1.29, 1.82) is 0 Å². The molecule has 1 saturated carbocycles. The molecule has 1 aromatic heterocycles. The Balaban J connectivity index is 1.89. The van der Waals surface area contributed by atoms with Crippen LogP contribution >= 0.6 is 0 Å². The largest absolute Gasteiger partial charge is 0.478 e. The van der Waals surface area contributed by atoms with Crippen LogP contribution in [-0.4, -0.2) is 21.0 Å². The van der Waals surface area contributed by atoms with Gasteiger partial charge in [0.25, 0.3) is 0 Å². The number of carboxylic acids is 1. The van der Waals surface area contributed by atoms with Gasteiger partial charge in [0.05, 0.1) is 16.6 Å². The minimum atomic E-state index is -0.894. The fourth-order valence-electron chi connectivity index (χ4n) is 3.09. The predicted octanol–water partition coefficient (Wildman–Crippen LogP) is 4.09. The average Bonchev–Trinajstić information content (AvgIpc) is 2.80. The van der Waals surface area contributed by atoms with E-state index in [-0.39, 0.29) is 0 Å². The number of imidazole rings is 1. The van der Waals surface area contributed by atoms with E-state index in [2.05, 4.69) is 9.97 Å². The van der Waals surface area contributed by atoms with Crippen LogP contribution in [0.5, 0.6) is 0 Å². The first-order valence-electron chi connectivity index (χ1n) is 7.47. The molecule has 0 aliphatic heterocycles. The maximum absolute atomic E-state index is 11.0. The minimum absolute atomic E-state index is 0.311. The first-order valence-corrected chi connectivity index (χ1v) is 7.47. The third kappa shape index (κ3) is 2.69. The molecule has 4 heteroatoms. The maximum atomic E-state index is 11.0. The summed E-state index contributed by atoms with van der Waals surface area (Å²) in [6.07, 6.45) is 8.90. The van der Waals surface area contributed by atoms with Crippen LogP contribution in [0.4, 0.5) is 0 Å². The van der Waals surface area contributed by atoms with Gasteiger partial charge in [0.15, 0.2) is 0 Å². The summed E-state index contributed by atoms with van der Waals surface area (Å²) in [4.78, 5) is 19.0. The van der Waals surface area contributed by atoms with Crippen molar-refractivity contribution >= 4 is 17.0 Å². The van der Waals surface area contributed by atoms with Gasteiger partial charge in [-0.05, 0) is 31.0 Å². The van der Waals surface area contributed by atoms with E-state index in [0.717, 1.165) is 16.9 Å². The third-order valence-electron chi connectivity index (χ3n) is 4.24. The molecule has 1 aliphatic carbocycles. The molecule has 2 N–H and O–H groups in total. The van der Waals surface area contributed by atoms with Crippen LogP contribution in [0.25, 0.3) is 11.0 Å². The molecule has 0 atom stereocenters. The number of nitrogens with zero attached hydrogens (tertiary/aromatic N) is 1. The molecule has 0 unspecified atom stereocenters. The number of hydrogen-bond acceptors (Lipinski definition) is 2. The second-order valence-electron chi connectivity index (χ2n) is 5.70. The van der Waals surface area contributed by atoms with Crippen molar-refractivity contribution in [2.45, 2.75) is 50.9 Å². The summed E-state index contributed by atoms with van der Waals surface area (Å²) in [6.45, 7) is 0. The molecule has 106 valence electrons. The lowest BCUT2D eigenvalue weighted by molar-refractivity contribution is 0.0697. The number of aromatic amines is 1. The molecule has 4 nitrogen and oxygen atoms in total. The zero-order chi connectivity index (χ0) is 13.9. The van der Waals surface area contributed by atoms with Gasteiger partial charge in [-0.25, -0.2) is 9.78 Å². The van der Waals surface area contributed by atoms with Crippen LogP contribution in [0.3, 0.4) is 0 Å². The summed E-state index contributed by atoms with van der Waals surface area (Å²) in [6, 6.07) is 5.09. The van der Waals surface area contributed by atoms with Gasteiger partial charge in [-0.2, -0.15) is 0 Å². The molecule has 0 spiro atoms. The van der Waals surface area contributed by atoms with E-state index in [1.165, 1.54) is 44.9 Å². The fraction of sp³-hybridized carbons (Fsp3) is 0.500. The van der Waals surface area contributed by atoms with Gasteiger partial charge in [-0.15, -0.1) is 0 Å². The van der Waals surface area contributed by atoms with E-state index in [0.29, 0.717) is 11.5 Å². The Kier molecular flexibility index (Phi) is 3.72.